The number of nitrogens with two attached hydrogens (primary N) is 1. The first-order valence-electron chi connectivity index (χ1n) is 6.84. The van der Waals surface area contributed by atoms with Crippen LogP contribution in [-0.2, 0) is 4.79 Å². The van der Waals surface area contributed by atoms with E-state index in [1.807, 2.05) is 31.2 Å². The smallest absolute Gasteiger partial charge is 0.224 e. The second-order valence-electron chi connectivity index (χ2n) is 4.64. The molecule has 2 aromatic rings. The first-order valence-corrected chi connectivity index (χ1v) is 6.84. The molecule has 3 N–H and O–H groups in total. The van der Waals surface area contributed by atoms with Crippen molar-refractivity contribution in [3.8, 4) is 0 Å². The highest BCUT2D eigenvalue weighted by Gasteiger charge is 2.00. The summed E-state index contributed by atoms with van der Waals surface area (Å²) in [7, 11) is 0. The number of azo groups is 1. The first-order chi connectivity index (χ1) is 10.2. The minimum absolute atomic E-state index is 0.0220. The Morgan fingerprint density at radius 1 is 1.00 bits per heavy atom. The molecule has 0 heterocycles. The molecule has 0 spiro atoms. The van der Waals surface area contributed by atoms with Crippen LogP contribution in [0, 0.1) is 0 Å². The van der Waals surface area contributed by atoms with Crippen LogP contribution in [0.1, 0.15) is 19.8 Å². The highest BCUT2D eigenvalue weighted by atomic mass is 16.1. The number of carbonyl (C=O) groups excluding carboxylic acids is 1. The number of hydrogen-bond donors (Lipinski definition) is 2. The fourth-order valence-corrected chi connectivity index (χ4v) is 1.72. The average molecular weight is 282 g/mol. The topological polar surface area (TPSA) is 79.8 Å². The van der Waals surface area contributed by atoms with Crippen LogP contribution in [0.25, 0.3) is 0 Å². The molecule has 21 heavy (non-hydrogen) atoms. The Morgan fingerprint density at radius 2 is 1.52 bits per heavy atom. The summed E-state index contributed by atoms with van der Waals surface area (Å²) in [6, 6.07) is 14.4. The number of amides is 1. The fourth-order valence-electron chi connectivity index (χ4n) is 1.72. The number of benzene rings is 2. The minimum Gasteiger partial charge on any atom is -0.399 e. The fraction of sp³-hybridized carbons (Fsp3) is 0.188. The molecule has 0 aromatic heterocycles. The maximum Gasteiger partial charge on any atom is 0.224 e. The molecule has 0 saturated carbocycles. The summed E-state index contributed by atoms with van der Waals surface area (Å²) in [5.41, 5.74) is 8.53. The van der Waals surface area contributed by atoms with Crippen molar-refractivity contribution in [3.63, 3.8) is 0 Å². The van der Waals surface area contributed by atoms with Crippen LogP contribution < -0.4 is 11.1 Å². The highest BCUT2D eigenvalue weighted by Crippen LogP contribution is 2.21. The van der Waals surface area contributed by atoms with Crippen LogP contribution in [0.3, 0.4) is 0 Å². The molecule has 5 nitrogen and oxygen atoms in total. The summed E-state index contributed by atoms with van der Waals surface area (Å²) >= 11 is 0. The summed E-state index contributed by atoms with van der Waals surface area (Å²) in [6.45, 7) is 1.97. The van der Waals surface area contributed by atoms with Gasteiger partial charge in [0.05, 0.1) is 11.4 Å². The van der Waals surface area contributed by atoms with Gasteiger partial charge in [0.15, 0.2) is 0 Å². The van der Waals surface area contributed by atoms with Gasteiger partial charge in [-0.05, 0) is 55.0 Å². The van der Waals surface area contributed by atoms with Crippen molar-refractivity contribution >= 4 is 28.7 Å². The number of nitrogen functional groups attached to an aromatic ring is 1. The van der Waals surface area contributed by atoms with Gasteiger partial charge in [-0.1, -0.05) is 6.92 Å². The van der Waals surface area contributed by atoms with E-state index in [2.05, 4.69) is 15.5 Å². The van der Waals surface area contributed by atoms with Gasteiger partial charge >= 0.3 is 0 Å². The SMILES string of the molecule is CCCC(=O)Nc1ccc(N=Nc2ccc(N)cc2)cc1. The van der Waals surface area contributed by atoms with Crippen molar-refractivity contribution in [1.29, 1.82) is 0 Å². The molecule has 108 valence electrons. The molecule has 2 rings (SSSR count). The van der Waals surface area contributed by atoms with E-state index in [-0.39, 0.29) is 5.91 Å². The van der Waals surface area contributed by atoms with Crippen LogP contribution in [-0.4, -0.2) is 5.91 Å². The molecule has 0 fully saturated rings. The van der Waals surface area contributed by atoms with Crippen molar-refractivity contribution in [2.75, 3.05) is 11.1 Å². The van der Waals surface area contributed by atoms with Gasteiger partial charge in [-0.15, -0.1) is 0 Å². The molecule has 5 heteroatoms. The third-order valence-electron chi connectivity index (χ3n) is 2.80. The number of anilines is 2. The number of rotatable bonds is 5. The molecule has 0 radical (unpaired) electrons. The van der Waals surface area contributed by atoms with Crippen LogP contribution in [0.2, 0.25) is 0 Å². The Kier molecular flexibility index (Phi) is 5.04. The Morgan fingerprint density at radius 3 is 2.05 bits per heavy atom. The predicted octanol–water partition coefficient (Wildman–Crippen LogP) is 4.42. The lowest BCUT2D eigenvalue weighted by Gasteiger charge is -2.03. The average Bonchev–Trinajstić information content (AvgIpc) is 2.48. The van der Waals surface area contributed by atoms with Gasteiger partial charge in [0.1, 0.15) is 0 Å². The maximum absolute atomic E-state index is 11.5. The van der Waals surface area contributed by atoms with Gasteiger partial charge in [-0.3, -0.25) is 4.79 Å². The van der Waals surface area contributed by atoms with Crippen LogP contribution in [0.5, 0.6) is 0 Å². The molecule has 1 amide bonds. The van der Waals surface area contributed by atoms with E-state index in [4.69, 9.17) is 5.73 Å². The van der Waals surface area contributed by atoms with Crippen molar-refractivity contribution in [1.82, 2.24) is 0 Å². The second-order valence-corrected chi connectivity index (χ2v) is 4.64. The summed E-state index contributed by atoms with van der Waals surface area (Å²) in [5, 5.41) is 11.1. The van der Waals surface area contributed by atoms with E-state index in [9.17, 15) is 4.79 Å². The standard InChI is InChI=1S/C16H18N4O/c1-2-3-16(21)18-13-8-10-15(11-9-13)20-19-14-6-4-12(17)5-7-14/h4-11H,2-3,17H2,1H3,(H,18,21). The molecular formula is C16H18N4O. The third-order valence-corrected chi connectivity index (χ3v) is 2.80. The van der Waals surface area contributed by atoms with Gasteiger partial charge in [-0.25, -0.2) is 0 Å². The molecule has 0 aliphatic carbocycles. The first kappa shape index (κ1) is 14.7. The molecule has 0 aliphatic rings. The van der Waals surface area contributed by atoms with E-state index >= 15 is 0 Å². The quantitative estimate of drug-likeness (QED) is 0.628. The Hall–Kier alpha value is -2.69. The molecule has 0 saturated heterocycles. The summed E-state index contributed by atoms with van der Waals surface area (Å²) in [5.74, 6) is 0.0220. The normalized spacial score (nSPS) is 10.7. The largest absolute Gasteiger partial charge is 0.399 e. The highest BCUT2D eigenvalue weighted by molar-refractivity contribution is 5.90. The molecule has 0 aliphatic heterocycles. The van der Waals surface area contributed by atoms with Crippen molar-refractivity contribution in [3.05, 3.63) is 48.5 Å². The summed E-state index contributed by atoms with van der Waals surface area (Å²) in [6.07, 6.45) is 1.36. The zero-order chi connectivity index (χ0) is 15.1. The summed E-state index contributed by atoms with van der Waals surface area (Å²) in [4.78, 5) is 11.5. The van der Waals surface area contributed by atoms with Crippen molar-refractivity contribution in [2.45, 2.75) is 19.8 Å². The van der Waals surface area contributed by atoms with Crippen LogP contribution in [0.15, 0.2) is 58.8 Å². The van der Waals surface area contributed by atoms with Crippen molar-refractivity contribution < 1.29 is 4.79 Å². The molecule has 0 bridgehead atoms. The predicted molar refractivity (Wildman–Crippen MR) is 85.0 cm³/mol. The van der Waals surface area contributed by atoms with Gasteiger partial charge < -0.3 is 11.1 Å². The van der Waals surface area contributed by atoms with Gasteiger partial charge in [0.25, 0.3) is 0 Å². The number of carbonyl (C=O) groups is 1. The Labute approximate surface area is 123 Å². The van der Waals surface area contributed by atoms with E-state index < -0.39 is 0 Å². The van der Waals surface area contributed by atoms with E-state index in [0.717, 1.165) is 23.5 Å². The van der Waals surface area contributed by atoms with Crippen LogP contribution in [0.4, 0.5) is 22.7 Å². The zero-order valence-electron chi connectivity index (χ0n) is 11.9. The van der Waals surface area contributed by atoms with Crippen LogP contribution >= 0.6 is 0 Å². The summed E-state index contributed by atoms with van der Waals surface area (Å²) < 4.78 is 0. The second kappa shape index (κ2) is 7.19. The van der Waals surface area contributed by atoms with E-state index in [0.29, 0.717) is 12.1 Å². The number of nitrogens with zero attached hydrogens (tertiary/aromatic N) is 2. The molecule has 0 unspecified atom stereocenters. The van der Waals surface area contributed by atoms with Gasteiger partial charge in [-0.2, -0.15) is 10.2 Å². The lowest BCUT2D eigenvalue weighted by Crippen LogP contribution is -2.10. The van der Waals surface area contributed by atoms with Crippen molar-refractivity contribution in [2.24, 2.45) is 10.2 Å². The van der Waals surface area contributed by atoms with E-state index in [1.54, 1.807) is 24.3 Å². The lowest BCUT2D eigenvalue weighted by molar-refractivity contribution is -0.116. The molecule has 2 aromatic carbocycles. The zero-order valence-corrected chi connectivity index (χ0v) is 11.9. The Balaban J connectivity index is 1.98. The third kappa shape index (κ3) is 4.72. The van der Waals surface area contributed by atoms with Gasteiger partial charge in [0, 0.05) is 17.8 Å². The molecule has 0 atom stereocenters. The van der Waals surface area contributed by atoms with E-state index in [1.165, 1.54) is 0 Å². The van der Waals surface area contributed by atoms with Gasteiger partial charge in [0.2, 0.25) is 5.91 Å². The number of hydrogen-bond acceptors (Lipinski definition) is 4. The Bertz CT molecular complexity index is 618. The maximum atomic E-state index is 11.5. The monoisotopic (exact) mass is 282 g/mol. The molecular weight excluding hydrogens is 264 g/mol. The minimum atomic E-state index is 0.0220. The lowest BCUT2D eigenvalue weighted by atomic mass is 10.2. The number of nitrogens with one attached hydrogen (secondary N) is 1.